The van der Waals surface area contributed by atoms with Gasteiger partial charge in [-0.1, -0.05) is 28.9 Å². The zero-order valence-electron chi connectivity index (χ0n) is 10.4. The molecule has 0 saturated carbocycles. The van der Waals surface area contributed by atoms with Crippen LogP contribution in [0.3, 0.4) is 0 Å². The number of carbonyl (C=O) groups is 1. The van der Waals surface area contributed by atoms with E-state index in [2.05, 4.69) is 15.9 Å². The molecule has 1 amide bonds. The van der Waals surface area contributed by atoms with Crippen molar-refractivity contribution < 1.29 is 9.90 Å². The number of hydrogen-bond acceptors (Lipinski definition) is 2. The Balaban J connectivity index is 2.99. The average Bonchev–Trinajstić information content (AvgIpc) is 2.32. The minimum Gasteiger partial charge on any atom is -0.396 e. The Hall–Kier alpha value is -0.870. The predicted octanol–water partition coefficient (Wildman–Crippen LogP) is 2.74. The average molecular weight is 300 g/mol. The number of hydrogen-bond donors (Lipinski definition) is 1. The first-order chi connectivity index (χ1) is 8.01. The van der Waals surface area contributed by atoms with Crippen LogP contribution in [0, 0.1) is 12.8 Å². The lowest BCUT2D eigenvalue weighted by Gasteiger charge is -2.23. The van der Waals surface area contributed by atoms with Crippen LogP contribution in [-0.4, -0.2) is 24.7 Å². The first-order valence-corrected chi connectivity index (χ1v) is 6.45. The summed E-state index contributed by atoms with van der Waals surface area (Å²) in [5, 5.41) is 9.16. The molecule has 94 valence electrons. The molecule has 0 spiro atoms. The third-order valence-electron chi connectivity index (χ3n) is 2.93. The third-order valence-corrected chi connectivity index (χ3v) is 3.42. The molecule has 0 aliphatic carbocycles. The van der Waals surface area contributed by atoms with Gasteiger partial charge in [0.05, 0.1) is 12.5 Å². The van der Waals surface area contributed by atoms with Crippen molar-refractivity contribution in [2.45, 2.75) is 20.3 Å². The van der Waals surface area contributed by atoms with Crippen molar-refractivity contribution in [1.29, 1.82) is 0 Å². The highest BCUT2D eigenvalue weighted by molar-refractivity contribution is 9.10. The van der Waals surface area contributed by atoms with Gasteiger partial charge in [-0.25, -0.2) is 0 Å². The number of amides is 1. The van der Waals surface area contributed by atoms with Gasteiger partial charge >= 0.3 is 0 Å². The van der Waals surface area contributed by atoms with Gasteiger partial charge < -0.3 is 10.0 Å². The van der Waals surface area contributed by atoms with E-state index in [1.807, 2.05) is 32.0 Å². The Morgan fingerprint density at radius 2 is 2.18 bits per heavy atom. The second-order valence-corrected chi connectivity index (χ2v) is 5.03. The minimum absolute atomic E-state index is 0.0452. The molecule has 1 rings (SSSR count). The number of benzene rings is 1. The fourth-order valence-corrected chi connectivity index (χ4v) is 2.07. The van der Waals surface area contributed by atoms with E-state index < -0.39 is 0 Å². The molecule has 0 fully saturated rings. The van der Waals surface area contributed by atoms with Crippen LogP contribution in [0.1, 0.15) is 18.9 Å². The van der Waals surface area contributed by atoms with Crippen LogP contribution in [0.4, 0.5) is 5.69 Å². The standard InChI is InChI=1S/C13H18BrNO2/c1-4-10(8-16)13(17)15(3)12-7-11(14)6-5-9(12)2/h5-7,10,16H,4,8H2,1-3H3. The van der Waals surface area contributed by atoms with Crippen LogP contribution >= 0.6 is 15.9 Å². The first kappa shape index (κ1) is 14.2. The molecule has 0 aliphatic heterocycles. The van der Waals surface area contributed by atoms with E-state index in [0.29, 0.717) is 6.42 Å². The summed E-state index contributed by atoms with van der Waals surface area (Å²) < 4.78 is 0.940. The summed E-state index contributed by atoms with van der Waals surface area (Å²) in [6.07, 6.45) is 0.646. The lowest BCUT2D eigenvalue weighted by molar-refractivity contribution is -0.123. The number of halogens is 1. The van der Waals surface area contributed by atoms with Gasteiger partial charge in [0.15, 0.2) is 0 Å². The molecule has 0 aromatic heterocycles. The van der Waals surface area contributed by atoms with E-state index in [-0.39, 0.29) is 18.4 Å². The summed E-state index contributed by atoms with van der Waals surface area (Å²) >= 11 is 3.40. The van der Waals surface area contributed by atoms with Gasteiger partial charge in [0.2, 0.25) is 5.91 Å². The maximum atomic E-state index is 12.1. The Bertz CT molecular complexity index is 402. The number of rotatable bonds is 4. The summed E-state index contributed by atoms with van der Waals surface area (Å²) in [5.41, 5.74) is 1.91. The van der Waals surface area contributed by atoms with Gasteiger partial charge in [-0.15, -0.1) is 0 Å². The van der Waals surface area contributed by atoms with Gasteiger partial charge in [0.25, 0.3) is 0 Å². The molecule has 1 aromatic carbocycles. The molecule has 17 heavy (non-hydrogen) atoms. The predicted molar refractivity (Wildman–Crippen MR) is 73.2 cm³/mol. The van der Waals surface area contributed by atoms with Crippen LogP contribution in [0.25, 0.3) is 0 Å². The summed E-state index contributed by atoms with van der Waals surface area (Å²) in [5.74, 6) is -0.366. The van der Waals surface area contributed by atoms with Crippen molar-refractivity contribution in [3.63, 3.8) is 0 Å². The maximum absolute atomic E-state index is 12.1. The Kier molecular flexibility index (Phi) is 5.15. The number of carbonyl (C=O) groups excluding carboxylic acids is 1. The zero-order valence-corrected chi connectivity index (χ0v) is 12.0. The zero-order chi connectivity index (χ0) is 13.0. The lowest BCUT2D eigenvalue weighted by Crippen LogP contribution is -2.34. The number of nitrogens with zero attached hydrogens (tertiary/aromatic N) is 1. The van der Waals surface area contributed by atoms with Gasteiger partial charge in [-0.05, 0) is 31.0 Å². The minimum atomic E-state index is -0.321. The van der Waals surface area contributed by atoms with Gasteiger partial charge in [0, 0.05) is 17.2 Å². The molecule has 0 radical (unpaired) electrons. The maximum Gasteiger partial charge on any atom is 0.232 e. The molecule has 3 nitrogen and oxygen atoms in total. The lowest BCUT2D eigenvalue weighted by atomic mass is 10.1. The van der Waals surface area contributed by atoms with E-state index in [9.17, 15) is 4.79 Å². The SMILES string of the molecule is CCC(CO)C(=O)N(C)c1cc(Br)ccc1C. The van der Waals surface area contributed by atoms with E-state index in [4.69, 9.17) is 5.11 Å². The van der Waals surface area contributed by atoms with E-state index in [1.165, 1.54) is 0 Å². The molecule has 0 heterocycles. The van der Waals surface area contributed by atoms with E-state index in [0.717, 1.165) is 15.7 Å². The number of anilines is 1. The smallest absolute Gasteiger partial charge is 0.232 e. The number of aliphatic hydroxyl groups is 1. The molecule has 1 unspecified atom stereocenters. The highest BCUT2D eigenvalue weighted by Gasteiger charge is 2.21. The van der Waals surface area contributed by atoms with Crippen LogP contribution in [0.2, 0.25) is 0 Å². The van der Waals surface area contributed by atoms with Crippen LogP contribution in [0.15, 0.2) is 22.7 Å². The van der Waals surface area contributed by atoms with Crippen molar-refractivity contribution in [3.8, 4) is 0 Å². The molecule has 1 aromatic rings. The van der Waals surface area contributed by atoms with Gasteiger partial charge in [-0.3, -0.25) is 4.79 Å². The van der Waals surface area contributed by atoms with Crippen molar-refractivity contribution in [1.82, 2.24) is 0 Å². The van der Waals surface area contributed by atoms with Gasteiger partial charge in [-0.2, -0.15) is 0 Å². The fraction of sp³-hybridized carbons (Fsp3) is 0.462. The van der Waals surface area contributed by atoms with E-state index >= 15 is 0 Å². The molecule has 4 heteroatoms. The van der Waals surface area contributed by atoms with Crippen LogP contribution in [-0.2, 0) is 4.79 Å². The highest BCUT2D eigenvalue weighted by atomic mass is 79.9. The fourth-order valence-electron chi connectivity index (χ4n) is 1.72. The van der Waals surface area contributed by atoms with Crippen LogP contribution in [0.5, 0.6) is 0 Å². The highest BCUT2D eigenvalue weighted by Crippen LogP contribution is 2.25. The quantitative estimate of drug-likeness (QED) is 0.929. The third kappa shape index (κ3) is 3.30. The molecule has 1 N–H and O–H groups in total. The molecular weight excluding hydrogens is 282 g/mol. The Morgan fingerprint density at radius 3 is 2.71 bits per heavy atom. The molecule has 0 bridgehead atoms. The summed E-state index contributed by atoms with van der Waals surface area (Å²) in [6.45, 7) is 3.76. The monoisotopic (exact) mass is 299 g/mol. The Morgan fingerprint density at radius 1 is 1.53 bits per heavy atom. The van der Waals surface area contributed by atoms with Crippen molar-refractivity contribution in [3.05, 3.63) is 28.2 Å². The number of aryl methyl sites for hydroxylation is 1. The van der Waals surface area contributed by atoms with Crippen LogP contribution < -0.4 is 4.90 Å². The molecule has 0 aliphatic rings. The number of aliphatic hydroxyl groups excluding tert-OH is 1. The van der Waals surface area contributed by atoms with Gasteiger partial charge in [0.1, 0.15) is 0 Å². The van der Waals surface area contributed by atoms with E-state index in [1.54, 1.807) is 11.9 Å². The summed E-state index contributed by atoms with van der Waals surface area (Å²) in [6, 6.07) is 5.82. The summed E-state index contributed by atoms with van der Waals surface area (Å²) in [4.78, 5) is 13.7. The Labute approximate surface area is 111 Å². The first-order valence-electron chi connectivity index (χ1n) is 5.65. The van der Waals surface area contributed by atoms with Crippen molar-refractivity contribution >= 4 is 27.5 Å². The molecular formula is C13H18BrNO2. The summed E-state index contributed by atoms with van der Waals surface area (Å²) in [7, 11) is 1.75. The molecule has 1 atom stereocenters. The van der Waals surface area contributed by atoms with Crippen molar-refractivity contribution in [2.75, 3.05) is 18.6 Å². The second-order valence-electron chi connectivity index (χ2n) is 4.12. The normalized spacial score (nSPS) is 12.3. The van der Waals surface area contributed by atoms with Crippen molar-refractivity contribution in [2.24, 2.45) is 5.92 Å². The topological polar surface area (TPSA) is 40.5 Å². The second kappa shape index (κ2) is 6.17. The largest absolute Gasteiger partial charge is 0.396 e. The molecule has 0 saturated heterocycles.